The molecule has 1 amide bonds. The van der Waals surface area contributed by atoms with Crippen molar-refractivity contribution in [3.63, 3.8) is 0 Å². The molecule has 0 spiro atoms. The third-order valence-corrected chi connectivity index (χ3v) is 3.92. The van der Waals surface area contributed by atoms with Crippen molar-refractivity contribution in [3.05, 3.63) is 29.5 Å². The third-order valence-electron chi connectivity index (χ3n) is 3.92. The summed E-state index contributed by atoms with van der Waals surface area (Å²) in [6.45, 7) is 6.18. The maximum absolute atomic E-state index is 11.1. The zero-order chi connectivity index (χ0) is 16.1. The van der Waals surface area contributed by atoms with Gasteiger partial charge >= 0.3 is 0 Å². The van der Waals surface area contributed by atoms with E-state index in [-0.39, 0.29) is 5.91 Å². The van der Waals surface area contributed by atoms with E-state index < -0.39 is 0 Å². The largest absolute Gasteiger partial charge is 0.497 e. The molecule has 5 nitrogen and oxygen atoms in total. The number of aromatic amines is 1. The van der Waals surface area contributed by atoms with Gasteiger partial charge in [-0.25, -0.2) is 0 Å². The highest BCUT2D eigenvalue weighted by Crippen LogP contribution is 2.27. The number of rotatable bonds is 7. The summed E-state index contributed by atoms with van der Waals surface area (Å²) < 4.78 is 5.34. The minimum atomic E-state index is 0.00430. The lowest BCUT2D eigenvalue weighted by Gasteiger charge is -2.14. The smallest absolute Gasteiger partial charge is 0.216 e. The van der Waals surface area contributed by atoms with E-state index in [0.29, 0.717) is 6.54 Å². The number of hydrogen-bond donors (Lipinski definition) is 2. The molecule has 2 N–H and O–H groups in total. The number of ether oxygens (including phenoxy) is 1. The van der Waals surface area contributed by atoms with Crippen LogP contribution in [-0.2, 0) is 17.8 Å². The first-order chi connectivity index (χ1) is 10.5. The van der Waals surface area contributed by atoms with Crippen molar-refractivity contribution in [3.8, 4) is 5.75 Å². The first-order valence-corrected chi connectivity index (χ1v) is 7.65. The molecule has 1 aromatic heterocycles. The van der Waals surface area contributed by atoms with Gasteiger partial charge in [0.15, 0.2) is 0 Å². The maximum atomic E-state index is 11.1. The number of aromatic nitrogens is 1. The third kappa shape index (κ3) is 3.80. The number of methoxy groups -OCH3 is 1. The zero-order valence-corrected chi connectivity index (χ0v) is 13.8. The van der Waals surface area contributed by atoms with Gasteiger partial charge in [-0.15, -0.1) is 0 Å². The molecule has 120 valence electrons. The highest BCUT2D eigenvalue weighted by molar-refractivity contribution is 5.86. The fourth-order valence-corrected chi connectivity index (χ4v) is 2.58. The van der Waals surface area contributed by atoms with Crippen molar-refractivity contribution in [1.82, 2.24) is 15.2 Å². The summed E-state index contributed by atoms with van der Waals surface area (Å²) in [5, 5.41) is 4.04. The number of fused-ring (bicyclic) bond motifs is 1. The molecule has 1 heterocycles. The van der Waals surface area contributed by atoms with Gasteiger partial charge in [0.25, 0.3) is 0 Å². The summed E-state index contributed by atoms with van der Waals surface area (Å²) in [5.74, 6) is 0.854. The van der Waals surface area contributed by atoms with Crippen LogP contribution in [0, 0.1) is 0 Å². The molecule has 0 fully saturated rings. The lowest BCUT2D eigenvalue weighted by atomic mass is 10.1. The quantitative estimate of drug-likeness (QED) is 0.825. The van der Waals surface area contributed by atoms with Crippen LogP contribution in [0.15, 0.2) is 18.2 Å². The van der Waals surface area contributed by atoms with E-state index in [2.05, 4.69) is 35.2 Å². The van der Waals surface area contributed by atoms with E-state index in [1.807, 2.05) is 12.1 Å². The second-order valence-electron chi connectivity index (χ2n) is 5.56. The summed E-state index contributed by atoms with van der Waals surface area (Å²) in [4.78, 5) is 16.9. The number of carbonyl (C=O) groups is 1. The lowest BCUT2D eigenvalue weighted by Crippen LogP contribution is -2.23. The van der Waals surface area contributed by atoms with Crippen LogP contribution in [0.5, 0.6) is 5.75 Å². The SMILES string of the molecule is CCN(C)Cc1[nH]c2ccc(OC)cc2c1CCNC(C)=O. The molecule has 22 heavy (non-hydrogen) atoms. The summed E-state index contributed by atoms with van der Waals surface area (Å²) in [6, 6.07) is 6.07. The predicted molar refractivity (Wildman–Crippen MR) is 89.2 cm³/mol. The topological polar surface area (TPSA) is 57.4 Å². The summed E-state index contributed by atoms with van der Waals surface area (Å²) in [6.07, 6.45) is 0.805. The zero-order valence-electron chi connectivity index (χ0n) is 13.8. The standard InChI is InChI=1S/C17H25N3O2/c1-5-20(3)11-17-14(8-9-18-12(2)21)15-10-13(22-4)6-7-16(15)19-17/h6-7,10,19H,5,8-9,11H2,1-4H3,(H,18,21). The van der Waals surface area contributed by atoms with Crippen molar-refractivity contribution >= 4 is 16.8 Å². The van der Waals surface area contributed by atoms with Gasteiger partial charge in [-0.2, -0.15) is 0 Å². The van der Waals surface area contributed by atoms with Crippen molar-refractivity contribution in [1.29, 1.82) is 0 Å². The Kier molecular flexibility index (Phi) is 5.44. The normalized spacial score (nSPS) is 11.1. The Morgan fingerprint density at radius 3 is 2.82 bits per heavy atom. The van der Waals surface area contributed by atoms with Crippen LogP contribution >= 0.6 is 0 Å². The predicted octanol–water partition coefficient (Wildman–Crippen LogP) is 2.31. The highest BCUT2D eigenvalue weighted by Gasteiger charge is 2.13. The van der Waals surface area contributed by atoms with E-state index in [4.69, 9.17) is 4.74 Å². The van der Waals surface area contributed by atoms with E-state index in [0.717, 1.165) is 30.8 Å². The number of amides is 1. The number of hydrogen-bond acceptors (Lipinski definition) is 3. The monoisotopic (exact) mass is 303 g/mol. The Morgan fingerprint density at radius 1 is 1.41 bits per heavy atom. The molecule has 0 aliphatic carbocycles. The Balaban J connectivity index is 2.35. The summed E-state index contributed by atoms with van der Waals surface area (Å²) in [5.41, 5.74) is 3.57. The van der Waals surface area contributed by atoms with Gasteiger partial charge in [0.1, 0.15) is 5.75 Å². The van der Waals surface area contributed by atoms with Gasteiger partial charge in [0.2, 0.25) is 5.91 Å². The molecule has 0 saturated heterocycles. The second-order valence-corrected chi connectivity index (χ2v) is 5.56. The minimum Gasteiger partial charge on any atom is -0.497 e. The van der Waals surface area contributed by atoms with Crippen LogP contribution in [-0.4, -0.2) is 43.0 Å². The Bertz CT molecular complexity index is 649. The molecular weight excluding hydrogens is 278 g/mol. The average Bonchev–Trinajstić information content (AvgIpc) is 2.83. The van der Waals surface area contributed by atoms with E-state index in [1.54, 1.807) is 14.0 Å². The molecule has 0 saturated carbocycles. The van der Waals surface area contributed by atoms with Gasteiger partial charge in [0.05, 0.1) is 7.11 Å². The van der Waals surface area contributed by atoms with Crippen LogP contribution in [0.3, 0.4) is 0 Å². The molecule has 0 unspecified atom stereocenters. The molecule has 2 aromatic rings. The second kappa shape index (κ2) is 7.31. The van der Waals surface area contributed by atoms with Gasteiger partial charge in [0, 0.05) is 36.6 Å². The van der Waals surface area contributed by atoms with Crippen molar-refractivity contribution in [2.45, 2.75) is 26.8 Å². The van der Waals surface area contributed by atoms with E-state index >= 15 is 0 Å². The van der Waals surface area contributed by atoms with Crippen molar-refractivity contribution in [2.24, 2.45) is 0 Å². The number of carbonyl (C=O) groups excluding carboxylic acids is 1. The molecule has 0 atom stereocenters. The molecule has 1 aromatic carbocycles. The van der Waals surface area contributed by atoms with Crippen LogP contribution in [0.2, 0.25) is 0 Å². The molecule has 5 heteroatoms. The van der Waals surface area contributed by atoms with Gasteiger partial charge in [-0.1, -0.05) is 6.92 Å². The Labute approximate surface area is 131 Å². The van der Waals surface area contributed by atoms with Crippen LogP contribution in [0.25, 0.3) is 10.9 Å². The first kappa shape index (κ1) is 16.4. The van der Waals surface area contributed by atoms with Gasteiger partial charge < -0.3 is 19.9 Å². The fourth-order valence-electron chi connectivity index (χ4n) is 2.58. The molecule has 0 bridgehead atoms. The summed E-state index contributed by atoms with van der Waals surface area (Å²) >= 11 is 0. The molecule has 0 radical (unpaired) electrons. The first-order valence-electron chi connectivity index (χ1n) is 7.65. The van der Waals surface area contributed by atoms with Crippen LogP contribution < -0.4 is 10.1 Å². The number of nitrogens with zero attached hydrogens (tertiary/aromatic N) is 1. The Morgan fingerprint density at radius 2 is 2.18 bits per heavy atom. The van der Waals surface area contributed by atoms with E-state index in [1.165, 1.54) is 16.6 Å². The van der Waals surface area contributed by atoms with Gasteiger partial charge in [-0.05, 0) is 43.8 Å². The molecule has 0 aliphatic rings. The number of H-pyrrole nitrogens is 1. The van der Waals surface area contributed by atoms with E-state index in [9.17, 15) is 4.79 Å². The van der Waals surface area contributed by atoms with Gasteiger partial charge in [-0.3, -0.25) is 4.79 Å². The fraction of sp³-hybridized carbons (Fsp3) is 0.471. The molecule has 2 rings (SSSR count). The molecule has 0 aliphatic heterocycles. The number of benzene rings is 1. The minimum absolute atomic E-state index is 0.00430. The van der Waals surface area contributed by atoms with Crippen LogP contribution in [0.4, 0.5) is 0 Å². The Hall–Kier alpha value is -2.01. The highest BCUT2D eigenvalue weighted by atomic mass is 16.5. The summed E-state index contributed by atoms with van der Waals surface area (Å²) in [7, 11) is 3.78. The van der Waals surface area contributed by atoms with Crippen molar-refractivity contribution in [2.75, 3.05) is 27.2 Å². The molecular formula is C17H25N3O2. The van der Waals surface area contributed by atoms with Crippen LogP contribution in [0.1, 0.15) is 25.1 Å². The number of nitrogens with one attached hydrogen (secondary N) is 2. The average molecular weight is 303 g/mol. The van der Waals surface area contributed by atoms with Crippen molar-refractivity contribution < 1.29 is 9.53 Å². The lowest BCUT2D eigenvalue weighted by molar-refractivity contribution is -0.118. The maximum Gasteiger partial charge on any atom is 0.216 e.